The van der Waals surface area contributed by atoms with Crippen LogP contribution < -0.4 is 11.2 Å². The van der Waals surface area contributed by atoms with E-state index in [2.05, 4.69) is 25.9 Å². The second-order valence-corrected chi connectivity index (χ2v) is 8.79. The smallest absolute Gasteiger partial charge is 0.347 e. The molecule has 5 rings (SSSR count). The van der Waals surface area contributed by atoms with Gasteiger partial charge in [0.1, 0.15) is 21.8 Å². The molecule has 1 aliphatic rings. The standard InChI is InChI=1S/C20H15BrN2O3S/c21-11-6-7-14-10(8-11)9-13(20(25)26-14)17-22-18(24)16-12-4-2-1-3-5-15(12)27-19(16)23-17/h6-9H,1-5H2,(H,22,23,24). The third-order valence-corrected chi connectivity index (χ3v) is 6.70. The van der Waals surface area contributed by atoms with Gasteiger partial charge in [-0.25, -0.2) is 9.78 Å². The molecule has 0 amide bonds. The minimum atomic E-state index is -0.509. The Balaban J connectivity index is 1.74. The summed E-state index contributed by atoms with van der Waals surface area (Å²) in [7, 11) is 0. The van der Waals surface area contributed by atoms with E-state index in [9.17, 15) is 9.59 Å². The molecule has 0 radical (unpaired) electrons. The number of aryl methyl sites for hydroxylation is 2. The van der Waals surface area contributed by atoms with Crippen LogP contribution >= 0.6 is 27.3 Å². The molecule has 4 aromatic rings. The lowest BCUT2D eigenvalue weighted by molar-refractivity contribution is 0.562. The summed E-state index contributed by atoms with van der Waals surface area (Å²) in [6, 6.07) is 7.14. The van der Waals surface area contributed by atoms with Gasteiger partial charge in [-0.05, 0) is 55.5 Å². The number of aromatic nitrogens is 2. The van der Waals surface area contributed by atoms with Gasteiger partial charge in [0.15, 0.2) is 0 Å². The highest BCUT2D eigenvalue weighted by Crippen LogP contribution is 2.33. The van der Waals surface area contributed by atoms with Crippen LogP contribution in [0.3, 0.4) is 0 Å². The molecule has 0 saturated heterocycles. The van der Waals surface area contributed by atoms with Gasteiger partial charge in [0, 0.05) is 14.7 Å². The molecule has 0 aliphatic heterocycles. The summed E-state index contributed by atoms with van der Waals surface area (Å²) in [5, 5.41) is 1.46. The van der Waals surface area contributed by atoms with Crippen molar-refractivity contribution in [3.63, 3.8) is 0 Å². The topological polar surface area (TPSA) is 76.0 Å². The highest BCUT2D eigenvalue weighted by Gasteiger charge is 2.20. The lowest BCUT2D eigenvalue weighted by atomic mass is 10.1. The van der Waals surface area contributed by atoms with E-state index in [1.165, 1.54) is 11.3 Å². The minimum Gasteiger partial charge on any atom is -0.422 e. The third-order valence-electron chi connectivity index (χ3n) is 5.02. The average Bonchev–Trinajstić information content (AvgIpc) is 2.83. The summed E-state index contributed by atoms with van der Waals surface area (Å²) in [4.78, 5) is 34.7. The number of hydrogen-bond acceptors (Lipinski definition) is 5. The number of H-pyrrole nitrogens is 1. The van der Waals surface area contributed by atoms with Crippen molar-refractivity contribution in [1.29, 1.82) is 0 Å². The van der Waals surface area contributed by atoms with E-state index < -0.39 is 5.63 Å². The van der Waals surface area contributed by atoms with Crippen LogP contribution in [0.4, 0.5) is 0 Å². The Morgan fingerprint density at radius 3 is 2.85 bits per heavy atom. The fraction of sp³-hybridized carbons (Fsp3) is 0.250. The summed E-state index contributed by atoms with van der Waals surface area (Å²) >= 11 is 5.00. The Bertz CT molecular complexity index is 1320. The Labute approximate surface area is 166 Å². The number of thiophene rings is 1. The molecule has 5 nitrogen and oxygen atoms in total. The molecule has 7 heteroatoms. The molecule has 1 aromatic carbocycles. The van der Waals surface area contributed by atoms with E-state index in [-0.39, 0.29) is 16.9 Å². The van der Waals surface area contributed by atoms with Crippen LogP contribution in [0.5, 0.6) is 0 Å². The Kier molecular flexibility index (Phi) is 4.02. The zero-order valence-electron chi connectivity index (χ0n) is 14.3. The first kappa shape index (κ1) is 16.9. The van der Waals surface area contributed by atoms with E-state index in [4.69, 9.17) is 4.42 Å². The minimum absolute atomic E-state index is 0.178. The van der Waals surface area contributed by atoms with Crippen molar-refractivity contribution in [1.82, 2.24) is 9.97 Å². The van der Waals surface area contributed by atoms with Gasteiger partial charge in [0.25, 0.3) is 5.56 Å². The first-order valence-corrected chi connectivity index (χ1v) is 10.5. The number of benzene rings is 1. The Morgan fingerprint density at radius 2 is 1.96 bits per heavy atom. The molecule has 0 fully saturated rings. The molecular weight excluding hydrogens is 428 g/mol. The second-order valence-electron chi connectivity index (χ2n) is 6.79. The van der Waals surface area contributed by atoms with Crippen molar-refractivity contribution >= 4 is 48.5 Å². The number of halogens is 1. The van der Waals surface area contributed by atoms with Crippen LogP contribution in [0.2, 0.25) is 0 Å². The normalized spacial score (nSPS) is 14.4. The van der Waals surface area contributed by atoms with Gasteiger partial charge in [-0.1, -0.05) is 22.4 Å². The number of nitrogens with one attached hydrogen (secondary N) is 1. The monoisotopic (exact) mass is 442 g/mol. The third kappa shape index (κ3) is 2.85. The molecule has 1 aliphatic carbocycles. The first-order chi connectivity index (χ1) is 13.1. The molecule has 136 valence electrons. The highest BCUT2D eigenvalue weighted by molar-refractivity contribution is 9.10. The molecule has 27 heavy (non-hydrogen) atoms. The first-order valence-electron chi connectivity index (χ1n) is 8.88. The van der Waals surface area contributed by atoms with Gasteiger partial charge >= 0.3 is 5.63 Å². The van der Waals surface area contributed by atoms with E-state index in [0.29, 0.717) is 15.8 Å². The van der Waals surface area contributed by atoms with Crippen LogP contribution in [-0.2, 0) is 12.8 Å². The van der Waals surface area contributed by atoms with E-state index >= 15 is 0 Å². The molecule has 0 unspecified atom stereocenters. The quantitative estimate of drug-likeness (QED) is 0.339. The van der Waals surface area contributed by atoms with E-state index in [1.54, 1.807) is 23.5 Å². The summed E-state index contributed by atoms with van der Waals surface area (Å²) < 4.78 is 6.30. The highest BCUT2D eigenvalue weighted by atomic mass is 79.9. The summed E-state index contributed by atoms with van der Waals surface area (Å²) in [6.45, 7) is 0. The van der Waals surface area contributed by atoms with Crippen molar-refractivity contribution in [2.45, 2.75) is 32.1 Å². The average molecular weight is 443 g/mol. The predicted molar refractivity (Wildman–Crippen MR) is 111 cm³/mol. The number of hydrogen-bond donors (Lipinski definition) is 1. The van der Waals surface area contributed by atoms with Crippen molar-refractivity contribution in [3.05, 3.63) is 60.0 Å². The second kappa shape index (κ2) is 6.42. The van der Waals surface area contributed by atoms with Gasteiger partial charge < -0.3 is 9.40 Å². The van der Waals surface area contributed by atoms with Gasteiger partial charge in [0.2, 0.25) is 0 Å². The SMILES string of the molecule is O=c1oc2ccc(Br)cc2cc1-c1nc2sc3c(c2c(=O)[nH]1)CCCCC3. The van der Waals surface area contributed by atoms with Crippen molar-refractivity contribution in [2.24, 2.45) is 0 Å². The van der Waals surface area contributed by atoms with Crippen LogP contribution in [0.1, 0.15) is 29.7 Å². The number of rotatable bonds is 1. The zero-order chi connectivity index (χ0) is 18.5. The molecule has 0 saturated carbocycles. The summed E-state index contributed by atoms with van der Waals surface area (Å²) in [5.41, 5.74) is 1.22. The maximum absolute atomic E-state index is 12.8. The van der Waals surface area contributed by atoms with Crippen LogP contribution in [0, 0.1) is 0 Å². The van der Waals surface area contributed by atoms with Crippen LogP contribution in [0.25, 0.3) is 32.6 Å². The maximum atomic E-state index is 12.8. The number of fused-ring (bicyclic) bond motifs is 4. The fourth-order valence-corrected chi connectivity index (χ4v) is 5.37. The molecule has 0 spiro atoms. The Hall–Kier alpha value is -2.25. The van der Waals surface area contributed by atoms with Gasteiger partial charge in [-0.15, -0.1) is 11.3 Å². The molecule has 3 heterocycles. The maximum Gasteiger partial charge on any atom is 0.347 e. The molecule has 3 aromatic heterocycles. The van der Waals surface area contributed by atoms with Crippen LogP contribution in [-0.4, -0.2) is 9.97 Å². The van der Waals surface area contributed by atoms with Gasteiger partial charge in [0.05, 0.1) is 5.39 Å². The Morgan fingerprint density at radius 1 is 1.11 bits per heavy atom. The van der Waals surface area contributed by atoms with Crippen LogP contribution in [0.15, 0.2) is 42.7 Å². The molecule has 0 bridgehead atoms. The molecule has 0 atom stereocenters. The van der Waals surface area contributed by atoms with Gasteiger partial charge in [-0.3, -0.25) is 4.79 Å². The number of nitrogens with zero attached hydrogens (tertiary/aromatic N) is 1. The summed E-state index contributed by atoms with van der Waals surface area (Å²) in [5.74, 6) is 0.263. The largest absolute Gasteiger partial charge is 0.422 e. The zero-order valence-corrected chi connectivity index (χ0v) is 16.7. The lowest BCUT2D eigenvalue weighted by Crippen LogP contribution is -2.13. The molecular formula is C20H15BrN2O3S. The van der Waals surface area contributed by atoms with Gasteiger partial charge in [-0.2, -0.15) is 0 Å². The van der Waals surface area contributed by atoms with Crippen molar-refractivity contribution in [2.75, 3.05) is 0 Å². The summed E-state index contributed by atoms with van der Waals surface area (Å²) in [6.07, 6.45) is 5.36. The molecule has 1 N–H and O–H groups in total. The van der Waals surface area contributed by atoms with E-state index in [1.807, 2.05) is 12.1 Å². The van der Waals surface area contributed by atoms with Crippen molar-refractivity contribution in [3.8, 4) is 11.4 Å². The fourth-order valence-electron chi connectivity index (χ4n) is 3.73. The number of aromatic amines is 1. The predicted octanol–water partition coefficient (Wildman–Crippen LogP) is 4.79. The lowest BCUT2D eigenvalue weighted by Gasteiger charge is -2.03. The van der Waals surface area contributed by atoms with E-state index in [0.717, 1.165) is 41.1 Å². The van der Waals surface area contributed by atoms with Crippen molar-refractivity contribution < 1.29 is 4.42 Å².